The number of halogens is 1. The molecule has 6 nitrogen and oxygen atoms in total. The Morgan fingerprint density at radius 2 is 1.84 bits per heavy atom. The zero-order chi connectivity index (χ0) is 17.4. The zero-order valence-electron chi connectivity index (χ0n) is 13.1. The number of hydrogen-bond acceptors (Lipinski definition) is 4. The Morgan fingerprint density at radius 3 is 2.64 bits per heavy atom. The van der Waals surface area contributed by atoms with Gasteiger partial charge in [0.15, 0.2) is 0 Å². The number of amides is 2. The summed E-state index contributed by atoms with van der Waals surface area (Å²) >= 11 is 0. The molecule has 0 radical (unpaired) electrons. The van der Waals surface area contributed by atoms with E-state index in [1.54, 1.807) is 24.3 Å². The van der Waals surface area contributed by atoms with E-state index in [9.17, 15) is 14.0 Å². The number of rotatable bonds is 1. The van der Waals surface area contributed by atoms with Crippen LogP contribution in [0.4, 0.5) is 10.1 Å². The van der Waals surface area contributed by atoms with Gasteiger partial charge in [-0.2, -0.15) is 0 Å². The van der Waals surface area contributed by atoms with Crippen molar-refractivity contribution in [2.75, 3.05) is 18.0 Å². The molecule has 2 amide bonds. The largest absolute Gasteiger partial charge is 0.350 e. The van der Waals surface area contributed by atoms with E-state index in [4.69, 9.17) is 0 Å². The van der Waals surface area contributed by atoms with Gasteiger partial charge in [0.25, 0.3) is 11.8 Å². The van der Waals surface area contributed by atoms with Crippen LogP contribution in [-0.4, -0.2) is 34.9 Å². The van der Waals surface area contributed by atoms with Crippen molar-refractivity contribution < 1.29 is 14.0 Å². The number of anilines is 1. The van der Waals surface area contributed by atoms with E-state index in [1.165, 1.54) is 29.4 Å². The van der Waals surface area contributed by atoms with Crippen molar-refractivity contribution in [1.82, 2.24) is 15.3 Å². The molecule has 3 aromatic rings. The maximum Gasteiger partial charge on any atom is 0.261 e. The standard InChI is InChI=1S/C18H13FN4O2/c19-13-10-15-14(20-5-6-21-15)9-12(13)18(25)23-8-7-22-17(24)11-3-1-2-4-16(11)23/h1-6,9-10H,7-8H2,(H,22,24). The van der Waals surface area contributed by atoms with Gasteiger partial charge in [-0.1, -0.05) is 12.1 Å². The van der Waals surface area contributed by atoms with Gasteiger partial charge in [0.2, 0.25) is 0 Å². The van der Waals surface area contributed by atoms with Crippen molar-refractivity contribution in [3.05, 3.63) is 65.7 Å². The maximum atomic E-state index is 14.5. The Kier molecular flexibility index (Phi) is 3.61. The quantitative estimate of drug-likeness (QED) is 0.739. The first-order valence-electron chi connectivity index (χ1n) is 7.74. The molecule has 7 heteroatoms. The van der Waals surface area contributed by atoms with Crippen LogP contribution in [0.1, 0.15) is 20.7 Å². The smallest absolute Gasteiger partial charge is 0.261 e. The third kappa shape index (κ3) is 2.59. The highest BCUT2D eigenvalue weighted by atomic mass is 19.1. The van der Waals surface area contributed by atoms with Crippen LogP contribution in [-0.2, 0) is 0 Å². The normalized spacial score (nSPS) is 14.0. The lowest BCUT2D eigenvalue weighted by Gasteiger charge is -2.22. The molecule has 0 spiro atoms. The first kappa shape index (κ1) is 15.2. The second-order valence-corrected chi connectivity index (χ2v) is 5.61. The van der Waals surface area contributed by atoms with Crippen molar-refractivity contribution in [1.29, 1.82) is 0 Å². The summed E-state index contributed by atoms with van der Waals surface area (Å²) in [7, 11) is 0. The molecule has 1 aliphatic rings. The lowest BCUT2D eigenvalue weighted by Crippen LogP contribution is -2.35. The predicted molar refractivity (Wildman–Crippen MR) is 89.9 cm³/mol. The highest BCUT2D eigenvalue weighted by molar-refractivity contribution is 6.12. The molecule has 25 heavy (non-hydrogen) atoms. The molecule has 0 unspecified atom stereocenters. The number of benzene rings is 2. The summed E-state index contributed by atoms with van der Waals surface area (Å²) in [5.41, 5.74) is 1.56. The Labute approximate surface area is 142 Å². The summed E-state index contributed by atoms with van der Waals surface area (Å²) in [5.74, 6) is -1.44. The number of nitrogens with one attached hydrogen (secondary N) is 1. The lowest BCUT2D eigenvalue weighted by atomic mass is 10.1. The second-order valence-electron chi connectivity index (χ2n) is 5.61. The third-order valence-corrected chi connectivity index (χ3v) is 4.09. The molecule has 1 N–H and O–H groups in total. The minimum Gasteiger partial charge on any atom is -0.350 e. The number of fused-ring (bicyclic) bond motifs is 2. The van der Waals surface area contributed by atoms with Gasteiger partial charge in [0.1, 0.15) is 5.82 Å². The summed E-state index contributed by atoms with van der Waals surface area (Å²) in [6.45, 7) is 0.536. The average molecular weight is 336 g/mol. The predicted octanol–water partition coefficient (Wildman–Crippen LogP) is 2.16. The summed E-state index contributed by atoms with van der Waals surface area (Å²) < 4.78 is 14.5. The first-order valence-corrected chi connectivity index (χ1v) is 7.74. The van der Waals surface area contributed by atoms with Crippen LogP contribution >= 0.6 is 0 Å². The summed E-state index contributed by atoms with van der Waals surface area (Å²) in [5, 5.41) is 2.73. The number of para-hydroxylation sites is 1. The molecular weight excluding hydrogens is 323 g/mol. The van der Waals surface area contributed by atoms with Gasteiger partial charge >= 0.3 is 0 Å². The van der Waals surface area contributed by atoms with Crippen molar-refractivity contribution in [3.63, 3.8) is 0 Å². The molecule has 2 aromatic carbocycles. The molecule has 0 atom stereocenters. The SMILES string of the molecule is O=C1NCCN(C(=O)c2cc3nccnc3cc2F)c2ccccc21. The molecule has 4 rings (SSSR count). The van der Waals surface area contributed by atoms with Crippen LogP contribution in [0.25, 0.3) is 11.0 Å². The van der Waals surface area contributed by atoms with Gasteiger partial charge in [0, 0.05) is 31.5 Å². The molecule has 0 saturated carbocycles. The summed E-state index contributed by atoms with van der Waals surface area (Å²) in [6.07, 6.45) is 2.95. The highest BCUT2D eigenvalue weighted by Crippen LogP contribution is 2.25. The molecule has 0 saturated heterocycles. The van der Waals surface area contributed by atoms with Gasteiger partial charge in [-0.15, -0.1) is 0 Å². The van der Waals surface area contributed by atoms with E-state index in [2.05, 4.69) is 15.3 Å². The molecule has 1 aliphatic heterocycles. The first-order chi connectivity index (χ1) is 12.1. The minimum atomic E-state index is -0.668. The van der Waals surface area contributed by atoms with E-state index in [0.29, 0.717) is 22.3 Å². The van der Waals surface area contributed by atoms with E-state index in [1.807, 2.05) is 0 Å². The molecule has 0 aliphatic carbocycles. The van der Waals surface area contributed by atoms with Crippen LogP contribution in [0.5, 0.6) is 0 Å². The monoisotopic (exact) mass is 336 g/mol. The Balaban J connectivity index is 1.82. The molecule has 0 bridgehead atoms. The topological polar surface area (TPSA) is 75.2 Å². The van der Waals surface area contributed by atoms with Crippen LogP contribution < -0.4 is 10.2 Å². The zero-order valence-corrected chi connectivity index (χ0v) is 13.1. The van der Waals surface area contributed by atoms with Gasteiger partial charge < -0.3 is 10.2 Å². The van der Waals surface area contributed by atoms with E-state index < -0.39 is 11.7 Å². The van der Waals surface area contributed by atoms with Crippen molar-refractivity contribution in [2.24, 2.45) is 0 Å². The van der Waals surface area contributed by atoms with E-state index in [0.717, 1.165) is 0 Å². The third-order valence-electron chi connectivity index (χ3n) is 4.09. The fourth-order valence-corrected chi connectivity index (χ4v) is 2.90. The summed E-state index contributed by atoms with van der Waals surface area (Å²) in [6, 6.07) is 9.36. The van der Waals surface area contributed by atoms with E-state index in [-0.39, 0.29) is 24.6 Å². The Morgan fingerprint density at radius 1 is 1.12 bits per heavy atom. The van der Waals surface area contributed by atoms with Gasteiger partial charge in [0.05, 0.1) is 27.8 Å². The fourth-order valence-electron chi connectivity index (χ4n) is 2.90. The van der Waals surface area contributed by atoms with Crippen LogP contribution in [0, 0.1) is 5.82 Å². The number of carbonyl (C=O) groups excluding carboxylic acids is 2. The fraction of sp³-hybridized carbons (Fsp3) is 0.111. The number of aromatic nitrogens is 2. The number of hydrogen-bond donors (Lipinski definition) is 1. The van der Waals surface area contributed by atoms with Crippen LogP contribution in [0.2, 0.25) is 0 Å². The molecule has 0 fully saturated rings. The van der Waals surface area contributed by atoms with Gasteiger partial charge in [-0.3, -0.25) is 19.6 Å². The summed E-state index contributed by atoms with van der Waals surface area (Å²) in [4.78, 5) is 34.7. The highest BCUT2D eigenvalue weighted by Gasteiger charge is 2.27. The molecule has 124 valence electrons. The van der Waals surface area contributed by atoms with Gasteiger partial charge in [-0.25, -0.2) is 4.39 Å². The lowest BCUT2D eigenvalue weighted by molar-refractivity contribution is 0.0953. The average Bonchev–Trinajstić information content (AvgIpc) is 2.80. The number of nitrogens with zero attached hydrogens (tertiary/aromatic N) is 3. The Hall–Kier alpha value is -3.35. The second kappa shape index (κ2) is 5.94. The van der Waals surface area contributed by atoms with E-state index >= 15 is 0 Å². The van der Waals surface area contributed by atoms with Crippen molar-refractivity contribution in [3.8, 4) is 0 Å². The molecule has 1 aromatic heterocycles. The van der Waals surface area contributed by atoms with Gasteiger partial charge in [-0.05, 0) is 18.2 Å². The molecular formula is C18H13FN4O2. The van der Waals surface area contributed by atoms with Crippen LogP contribution in [0.15, 0.2) is 48.8 Å². The van der Waals surface area contributed by atoms with Crippen molar-refractivity contribution in [2.45, 2.75) is 0 Å². The Bertz CT molecular complexity index is 1010. The number of carbonyl (C=O) groups is 2. The maximum absolute atomic E-state index is 14.5. The minimum absolute atomic E-state index is 0.0999. The van der Waals surface area contributed by atoms with Crippen molar-refractivity contribution >= 4 is 28.5 Å². The molecule has 2 heterocycles. The van der Waals surface area contributed by atoms with Crippen LogP contribution in [0.3, 0.4) is 0 Å².